The normalized spacial score (nSPS) is 20.9. The van der Waals surface area contributed by atoms with Gasteiger partial charge in [-0.3, -0.25) is 9.69 Å². The number of anilines is 2. The average molecular weight is 700 g/mol. The molecule has 3 aliphatic heterocycles. The molecule has 258 valence electrons. The number of carbonyl (C=O) groups excluding carboxylic acids is 1. The lowest BCUT2D eigenvalue weighted by molar-refractivity contribution is -0.137. The van der Waals surface area contributed by atoms with Crippen molar-refractivity contribution in [2.24, 2.45) is 5.41 Å². The van der Waals surface area contributed by atoms with E-state index in [1.165, 1.54) is 0 Å². The fraction of sp³-hybridized carbons (Fsp3) is 0.471. The zero-order valence-electron chi connectivity index (χ0n) is 27.2. The van der Waals surface area contributed by atoms with Crippen molar-refractivity contribution in [2.75, 3.05) is 56.5 Å². The van der Waals surface area contributed by atoms with Crippen LogP contribution in [0.2, 0.25) is 0 Å². The summed E-state index contributed by atoms with van der Waals surface area (Å²) >= 11 is 0.760. The van der Waals surface area contributed by atoms with Crippen LogP contribution in [-0.4, -0.2) is 82.1 Å². The molecule has 1 unspecified atom stereocenters. The molecule has 1 atom stereocenters. The number of rotatable bonds is 5. The van der Waals surface area contributed by atoms with Crippen molar-refractivity contribution in [1.29, 1.82) is 0 Å². The van der Waals surface area contributed by atoms with Gasteiger partial charge in [0.2, 0.25) is 0 Å². The van der Waals surface area contributed by atoms with E-state index in [1.54, 1.807) is 16.7 Å². The van der Waals surface area contributed by atoms with Crippen LogP contribution in [-0.2, 0) is 11.0 Å². The molecule has 0 bridgehead atoms. The Kier molecular flexibility index (Phi) is 8.10. The molecule has 0 spiro atoms. The number of nitrogen functional groups attached to an aromatic ring is 1. The SMILES string of the molecule is CC#CC(=O)N1CCN(c2nc(OCC34CCCN3CC(C)(C)C4)nc3c(F)c(-c4ccc(F)c5sc(N)nc45)c(C(F)(F)F)cc23)CC1. The predicted molar refractivity (Wildman–Crippen MR) is 177 cm³/mol. The summed E-state index contributed by atoms with van der Waals surface area (Å²) in [5, 5.41) is -0.248. The average Bonchev–Trinajstić information content (AvgIpc) is 3.69. The molecule has 4 aromatic rings. The van der Waals surface area contributed by atoms with Gasteiger partial charge in [-0.1, -0.05) is 31.1 Å². The lowest BCUT2D eigenvalue weighted by Crippen LogP contribution is -2.48. The van der Waals surface area contributed by atoms with Crippen LogP contribution in [0.5, 0.6) is 6.01 Å². The van der Waals surface area contributed by atoms with Crippen molar-refractivity contribution < 1.29 is 31.5 Å². The van der Waals surface area contributed by atoms with E-state index in [4.69, 9.17) is 10.5 Å². The molecular weight excluding hydrogens is 665 g/mol. The minimum atomic E-state index is -5.02. The van der Waals surface area contributed by atoms with Gasteiger partial charge in [0.25, 0.3) is 5.91 Å². The number of benzene rings is 2. The number of piperazine rings is 1. The summed E-state index contributed by atoms with van der Waals surface area (Å²) in [5.41, 5.74) is 2.66. The van der Waals surface area contributed by atoms with Gasteiger partial charge in [-0.05, 0) is 62.3 Å². The topological polar surface area (TPSA) is 101 Å². The van der Waals surface area contributed by atoms with Crippen LogP contribution in [0, 0.1) is 28.9 Å². The van der Waals surface area contributed by atoms with Crippen molar-refractivity contribution in [3.8, 4) is 29.0 Å². The van der Waals surface area contributed by atoms with Crippen molar-refractivity contribution in [3.05, 3.63) is 35.4 Å². The number of thiazole rings is 1. The second-order valence-corrected chi connectivity index (χ2v) is 14.7. The van der Waals surface area contributed by atoms with Gasteiger partial charge in [0.15, 0.2) is 10.9 Å². The molecule has 2 aromatic carbocycles. The number of nitrogens with two attached hydrogens (primary N) is 1. The van der Waals surface area contributed by atoms with Crippen LogP contribution in [0.25, 0.3) is 32.2 Å². The fourth-order valence-electron chi connectivity index (χ4n) is 7.80. The largest absolute Gasteiger partial charge is 0.461 e. The zero-order valence-corrected chi connectivity index (χ0v) is 28.0. The quantitative estimate of drug-likeness (QED) is 0.197. The van der Waals surface area contributed by atoms with Crippen LogP contribution < -0.4 is 15.4 Å². The van der Waals surface area contributed by atoms with Crippen LogP contribution in [0.1, 0.15) is 45.6 Å². The number of carbonyl (C=O) groups is 1. The van der Waals surface area contributed by atoms with Gasteiger partial charge in [0.05, 0.1) is 21.3 Å². The van der Waals surface area contributed by atoms with Gasteiger partial charge in [-0.25, -0.2) is 13.8 Å². The maximum absolute atomic E-state index is 16.9. The lowest BCUT2D eigenvalue weighted by Gasteiger charge is -2.35. The Morgan fingerprint density at radius 1 is 1.08 bits per heavy atom. The third-order valence-corrected chi connectivity index (χ3v) is 10.6. The van der Waals surface area contributed by atoms with E-state index in [1.807, 2.05) is 0 Å². The van der Waals surface area contributed by atoms with E-state index in [0.29, 0.717) is 0 Å². The molecule has 1 amide bonds. The molecule has 2 aromatic heterocycles. The number of ether oxygens (including phenoxy) is 1. The van der Waals surface area contributed by atoms with Crippen LogP contribution in [0.15, 0.2) is 18.2 Å². The number of halogens is 5. The van der Waals surface area contributed by atoms with Gasteiger partial charge in [-0.15, -0.1) is 0 Å². The lowest BCUT2D eigenvalue weighted by atomic mass is 9.83. The number of alkyl halides is 3. The summed E-state index contributed by atoms with van der Waals surface area (Å²) in [7, 11) is 0. The summed E-state index contributed by atoms with van der Waals surface area (Å²) in [4.78, 5) is 31.1. The molecule has 5 heterocycles. The summed E-state index contributed by atoms with van der Waals surface area (Å²) in [5.74, 6) is 2.78. The Balaban J connectivity index is 1.38. The number of hydrogen-bond donors (Lipinski definition) is 1. The molecule has 0 aliphatic carbocycles. The molecule has 9 nitrogen and oxygen atoms in total. The summed E-state index contributed by atoms with van der Waals surface area (Å²) in [6.07, 6.45) is -2.25. The molecular formula is C34H34F5N7O2S. The van der Waals surface area contributed by atoms with E-state index >= 15 is 4.39 Å². The van der Waals surface area contributed by atoms with Gasteiger partial charge < -0.3 is 20.3 Å². The third-order valence-electron chi connectivity index (χ3n) is 9.71. The number of hydrogen-bond acceptors (Lipinski definition) is 9. The Hall–Kier alpha value is -4.29. The number of nitrogens with zero attached hydrogens (tertiary/aromatic N) is 6. The molecule has 2 N–H and O–H groups in total. The standard InChI is InChI=1S/C34H34F5N7O2S/c1-4-6-23(47)44-11-13-45(14-12-44)29-20-15-21(34(37,38)39)24(19-7-8-22(35)28-27(19)41-30(40)49-28)25(36)26(20)42-31(43-29)48-18-33-9-5-10-46(33)17-32(2,3)16-33/h7-8,15H,5,9-14,16-18H2,1-3H3,(H2,40,41). The molecule has 3 saturated heterocycles. The molecule has 7 rings (SSSR count). The van der Waals surface area contributed by atoms with Crippen molar-refractivity contribution in [1.82, 2.24) is 24.8 Å². The summed E-state index contributed by atoms with van der Waals surface area (Å²) < 4.78 is 82.3. The van der Waals surface area contributed by atoms with Gasteiger partial charge in [0, 0.05) is 49.2 Å². The second kappa shape index (κ2) is 11.9. The van der Waals surface area contributed by atoms with Crippen LogP contribution in [0.3, 0.4) is 0 Å². The summed E-state index contributed by atoms with van der Waals surface area (Å²) in [6, 6.07) is 2.70. The smallest absolute Gasteiger partial charge is 0.417 e. The van der Waals surface area contributed by atoms with Crippen LogP contribution >= 0.6 is 11.3 Å². The van der Waals surface area contributed by atoms with E-state index < -0.39 is 28.9 Å². The summed E-state index contributed by atoms with van der Waals surface area (Å²) in [6.45, 7) is 8.88. The predicted octanol–water partition coefficient (Wildman–Crippen LogP) is 6.10. The maximum atomic E-state index is 16.9. The first-order valence-electron chi connectivity index (χ1n) is 16.0. The highest BCUT2D eigenvalue weighted by Crippen LogP contribution is 2.48. The molecule has 15 heteroatoms. The van der Waals surface area contributed by atoms with Gasteiger partial charge in [0.1, 0.15) is 23.8 Å². The van der Waals surface area contributed by atoms with E-state index in [-0.39, 0.29) is 93.3 Å². The van der Waals surface area contributed by atoms with Crippen molar-refractivity contribution in [3.63, 3.8) is 0 Å². The molecule has 0 radical (unpaired) electrons. The Bertz CT molecular complexity index is 2050. The maximum Gasteiger partial charge on any atom is 0.417 e. The first-order chi connectivity index (χ1) is 23.2. The first kappa shape index (κ1) is 33.2. The van der Waals surface area contributed by atoms with Gasteiger partial charge in [-0.2, -0.15) is 23.1 Å². The highest BCUT2D eigenvalue weighted by molar-refractivity contribution is 7.22. The first-order valence-corrected chi connectivity index (χ1v) is 16.8. The van der Waals surface area contributed by atoms with Crippen molar-refractivity contribution >= 4 is 49.3 Å². The number of aromatic nitrogens is 3. The highest BCUT2D eigenvalue weighted by atomic mass is 32.1. The number of fused-ring (bicyclic) bond motifs is 3. The van der Waals surface area contributed by atoms with Crippen molar-refractivity contribution in [2.45, 2.75) is 51.7 Å². The van der Waals surface area contributed by atoms with Crippen LogP contribution in [0.4, 0.5) is 32.9 Å². The van der Waals surface area contributed by atoms with Gasteiger partial charge >= 0.3 is 12.2 Å². The number of amides is 1. The monoisotopic (exact) mass is 699 g/mol. The highest BCUT2D eigenvalue weighted by Gasteiger charge is 2.52. The van der Waals surface area contributed by atoms with E-state index in [2.05, 4.69) is 45.5 Å². The minimum Gasteiger partial charge on any atom is -0.461 e. The Morgan fingerprint density at radius 3 is 2.55 bits per heavy atom. The molecule has 3 aliphatic rings. The van der Waals surface area contributed by atoms with E-state index in [0.717, 1.165) is 61.9 Å². The zero-order chi connectivity index (χ0) is 34.9. The molecule has 3 fully saturated rings. The minimum absolute atomic E-state index is 0.0549. The van der Waals surface area contributed by atoms with E-state index in [9.17, 15) is 22.4 Å². The third kappa shape index (κ3) is 5.88. The Labute approximate surface area is 283 Å². The molecule has 0 saturated carbocycles. The fourth-order valence-corrected chi connectivity index (χ4v) is 8.57. The second-order valence-electron chi connectivity index (χ2n) is 13.7. The Morgan fingerprint density at radius 2 is 1.84 bits per heavy atom. The molecule has 49 heavy (non-hydrogen) atoms.